The fraction of sp³-hybridized carbons (Fsp3) is 0.375. The van der Waals surface area contributed by atoms with Gasteiger partial charge in [-0.15, -0.1) is 0 Å². The first-order chi connectivity index (χ1) is 15.1. The van der Waals surface area contributed by atoms with Crippen LogP contribution in [0.4, 0.5) is 4.79 Å². The van der Waals surface area contributed by atoms with Crippen molar-refractivity contribution >= 4 is 18.0 Å². The zero-order chi connectivity index (χ0) is 23.5. The van der Waals surface area contributed by atoms with Crippen LogP contribution < -0.4 is 10.6 Å². The molecule has 0 bridgehead atoms. The first kappa shape index (κ1) is 23.3. The summed E-state index contributed by atoms with van der Waals surface area (Å²) in [5.74, 6) is -2.16. The monoisotopic (exact) mass is 440 g/mol. The fourth-order valence-electron chi connectivity index (χ4n) is 3.82. The van der Waals surface area contributed by atoms with Crippen molar-refractivity contribution in [3.8, 4) is 11.1 Å². The molecule has 0 spiro atoms. The van der Waals surface area contributed by atoms with Crippen LogP contribution in [-0.2, 0) is 14.3 Å². The number of ether oxygens (including phenoxy) is 1. The molecule has 0 heterocycles. The quantitative estimate of drug-likeness (QED) is 0.524. The van der Waals surface area contributed by atoms with Crippen LogP contribution in [0.2, 0.25) is 0 Å². The van der Waals surface area contributed by atoms with E-state index in [-0.39, 0.29) is 12.5 Å². The molecule has 0 saturated heterocycles. The van der Waals surface area contributed by atoms with Gasteiger partial charge in [0.1, 0.15) is 12.6 Å². The van der Waals surface area contributed by atoms with Crippen molar-refractivity contribution in [1.82, 2.24) is 10.6 Å². The predicted octanol–water partition coefficient (Wildman–Crippen LogP) is 2.50. The summed E-state index contributed by atoms with van der Waals surface area (Å²) in [4.78, 5) is 35.9. The molecule has 8 nitrogen and oxygen atoms in total. The smallest absolute Gasteiger partial charge is 0.407 e. The highest BCUT2D eigenvalue weighted by Crippen LogP contribution is 2.44. The number of carboxylic acids is 1. The highest BCUT2D eigenvalue weighted by Gasteiger charge is 2.35. The third-order valence-electron chi connectivity index (χ3n) is 5.49. The second kappa shape index (κ2) is 9.40. The molecule has 8 heteroatoms. The van der Waals surface area contributed by atoms with Crippen LogP contribution in [0, 0.1) is 5.41 Å². The Bertz CT molecular complexity index is 968. The molecule has 3 rings (SSSR count). The van der Waals surface area contributed by atoms with Gasteiger partial charge in [0.25, 0.3) is 0 Å². The SMILES string of the molecule is CC(C)(C)[C@H](NC(=O)OCC1c2ccccc2-c2ccccc21)C(=O)NCC(O)C(=O)O. The Balaban J connectivity index is 1.66. The Labute approximate surface area is 186 Å². The van der Waals surface area contributed by atoms with Crippen molar-refractivity contribution in [2.45, 2.75) is 38.8 Å². The second-order valence-electron chi connectivity index (χ2n) is 8.87. The van der Waals surface area contributed by atoms with Crippen molar-refractivity contribution < 1.29 is 29.3 Å². The molecule has 2 aromatic carbocycles. The minimum atomic E-state index is -1.73. The maximum absolute atomic E-state index is 12.6. The molecule has 0 saturated carbocycles. The topological polar surface area (TPSA) is 125 Å². The van der Waals surface area contributed by atoms with Crippen molar-refractivity contribution in [2.24, 2.45) is 5.41 Å². The number of rotatable bonds is 7. The van der Waals surface area contributed by atoms with Crippen LogP contribution in [0.3, 0.4) is 0 Å². The van der Waals surface area contributed by atoms with Crippen LogP contribution in [0.15, 0.2) is 48.5 Å². The largest absolute Gasteiger partial charge is 0.479 e. The van der Waals surface area contributed by atoms with Crippen molar-refractivity contribution in [3.63, 3.8) is 0 Å². The van der Waals surface area contributed by atoms with E-state index in [1.54, 1.807) is 20.8 Å². The lowest BCUT2D eigenvalue weighted by atomic mass is 9.86. The van der Waals surface area contributed by atoms with E-state index in [9.17, 15) is 19.5 Å². The number of hydrogen-bond donors (Lipinski definition) is 4. The Morgan fingerprint density at radius 2 is 1.53 bits per heavy atom. The van der Waals surface area contributed by atoms with Gasteiger partial charge in [-0.25, -0.2) is 9.59 Å². The number of carbonyl (C=O) groups is 3. The highest BCUT2D eigenvalue weighted by atomic mass is 16.5. The summed E-state index contributed by atoms with van der Waals surface area (Å²) in [6.07, 6.45) is -2.48. The number of alkyl carbamates (subject to hydrolysis) is 1. The lowest BCUT2D eigenvalue weighted by Gasteiger charge is -2.30. The summed E-state index contributed by atoms with van der Waals surface area (Å²) in [5, 5.41) is 23.1. The lowest BCUT2D eigenvalue weighted by Crippen LogP contribution is -2.55. The van der Waals surface area contributed by atoms with Gasteiger partial charge in [0.15, 0.2) is 6.10 Å². The van der Waals surface area contributed by atoms with E-state index >= 15 is 0 Å². The summed E-state index contributed by atoms with van der Waals surface area (Å²) in [6.45, 7) is 4.92. The van der Waals surface area contributed by atoms with Gasteiger partial charge in [-0.3, -0.25) is 4.79 Å². The fourth-order valence-corrected chi connectivity index (χ4v) is 3.82. The molecule has 4 N–H and O–H groups in total. The molecule has 0 aliphatic heterocycles. The highest BCUT2D eigenvalue weighted by molar-refractivity contribution is 5.87. The number of amides is 2. The van der Waals surface area contributed by atoms with E-state index in [4.69, 9.17) is 9.84 Å². The van der Waals surface area contributed by atoms with Crippen molar-refractivity contribution in [1.29, 1.82) is 0 Å². The molecule has 2 aromatic rings. The molecule has 0 aromatic heterocycles. The number of benzene rings is 2. The molecule has 2 atom stereocenters. The van der Waals surface area contributed by atoms with E-state index in [0.29, 0.717) is 0 Å². The number of carbonyl (C=O) groups excluding carboxylic acids is 2. The molecule has 0 radical (unpaired) electrons. The third-order valence-corrected chi connectivity index (χ3v) is 5.49. The molecular formula is C24H28N2O6. The van der Waals surface area contributed by atoms with Gasteiger partial charge in [0.05, 0.1) is 6.54 Å². The van der Waals surface area contributed by atoms with E-state index < -0.39 is 42.1 Å². The minimum Gasteiger partial charge on any atom is -0.479 e. The average molecular weight is 440 g/mol. The zero-order valence-electron chi connectivity index (χ0n) is 18.3. The molecule has 1 aliphatic carbocycles. The summed E-state index contributed by atoms with van der Waals surface area (Å²) in [6, 6.07) is 15.0. The molecule has 170 valence electrons. The van der Waals surface area contributed by atoms with Gasteiger partial charge >= 0.3 is 12.1 Å². The van der Waals surface area contributed by atoms with Gasteiger partial charge in [-0.05, 0) is 27.7 Å². The molecular weight excluding hydrogens is 412 g/mol. The molecule has 32 heavy (non-hydrogen) atoms. The minimum absolute atomic E-state index is 0.107. The van der Waals surface area contributed by atoms with Gasteiger partial charge in [0, 0.05) is 5.92 Å². The number of hydrogen-bond acceptors (Lipinski definition) is 5. The number of fused-ring (bicyclic) bond motifs is 3. The Hall–Kier alpha value is -3.39. The van der Waals surface area contributed by atoms with Crippen LogP contribution in [0.1, 0.15) is 37.8 Å². The second-order valence-corrected chi connectivity index (χ2v) is 8.87. The number of aliphatic hydroxyl groups excluding tert-OH is 1. The molecule has 1 aliphatic rings. The van der Waals surface area contributed by atoms with Gasteiger partial charge < -0.3 is 25.6 Å². The summed E-state index contributed by atoms with van der Waals surface area (Å²) in [5.41, 5.74) is 3.70. The number of carboxylic acid groups (broad SMARTS) is 1. The van der Waals surface area contributed by atoms with Crippen molar-refractivity contribution in [3.05, 3.63) is 59.7 Å². The number of aliphatic hydroxyl groups is 1. The summed E-state index contributed by atoms with van der Waals surface area (Å²) >= 11 is 0. The summed E-state index contributed by atoms with van der Waals surface area (Å²) in [7, 11) is 0. The van der Waals surface area contributed by atoms with Gasteiger partial charge in [-0.1, -0.05) is 69.3 Å². The maximum atomic E-state index is 12.6. The van der Waals surface area contributed by atoms with Crippen LogP contribution in [0.5, 0.6) is 0 Å². The van der Waals surface area contributed by atoms with Crippen LogP contribution in [-0.4, -0.2) is 53.5 Å². The van der Waals surface area contributed by atoms with Crippen LogP contribution in [0.25, 0.3) is 11.1 Å². The van der Waals surface area contributed by atoms with Gasteiger partial charge in [0.2, 0.25) is 5.91 Å². The lowest BCUT2D eigenvalue weighted by molar-refractivity contribution is -0.146. The predicted molar refractivity (Wildman–Crippen MR) is 118 cm³/mol. The van der Waals surface area contributed by atoms with Gasteiger partial charge in [-0.2, -0.15) is 0 Å². The first-order valence-electron chi connectivity index (χ1n) is 10.4. The van der Waals surface area contributed by atoms with E-state index in [1.807, 2.05) is 48.5 Å². The molecule has 2 amide bonds. The molecule has 0 fully saturated rings. The third kappa shape index (κ3) is 5.08. The first-order valence-corrected chi connectivity index (χ1v) is 10.4. The van der Waals surface area contributed by atoms with E-state index in [0.717, 1.165) is 22.3 Å². The molecule has 1 unspecified atom stereocenters. The average Bonchev–Trinajstić information content (AvgIpc) is 3.07. The standard InChI is InChI=1S/C24H28N2O6/c1-24(2,3)20(21(28)25-12-19(27)22(29)30)26-23(31)32-13-18-16-10-6-4-8-14(16)15-9-5-7-11-17(15)18/h4-11,18-20,27H,12-13H2,1-3H3,(H,25,28)(H,26,31)(H,29,30)/t19?,20-/m1/s1. The Morgan fingerprint density at radius 1 is 1.00 bits per heavy atom. The Kier molecular flexibility index (Phi) is 6.84. The summed E-state index contributed by atoms with van der Waals surface area (Å²) < 4.78 is 5.51. The van der Waals surface area contributed by atoms with E-state index in [1.165, 1.54) is 0 Å². The van der Waals surface area contributed by atoms with E-state index in [2.05, 4.69) is 10.6 Å². The zero-order valence-corrected chi connectivity index (χ0v) is 18.3. The number of aliphatic carboxylic acids is 1. The van der Waals surface area contributed by atoms with Crippen molar-refractivity contribution in [2.75, 3.05) is 13.2 Å². The normalized spacial score (nSPS) is 14.6. The Morgan fingerprint density at radius 3 is 2.03 bits per heavy atom. The maximum Gasteiger partial charge on any atom is 0.407 e. The number of nitrogens with one attached hydrogen (secondary N) is 2. The van der Waals surface area contributed by atoms with Crippen LogP contribution >= 0.6 is 0 Å².